The molecule has 0 radical (unpaired) electrons. The van der Waals surface area contributed by atoms with Crippen molar-refractivity contribution < 1.29 is 18.0 Å². The predicted molar refractivity (Wildman–Crippen MR) is 126 cm³/mol. The summed E-state index contributed by atoms with van der Waals surface area (Å²) in [6.07, 6.45) is -4.58. The molecule has 35 heavy (non-hydrogen) atoms. The van der Waals surface area contributed by atoms with E-state index in [0.29, 0.717) is 17.7 Å². The van der Waals surface area contributed by atoms with Crippen LogP contribution >= 0.6 is 0 Å². The van der Waals surface area contributed by atoms with E-state index < -0.39 is 17.8 Å². The first-order chi connectivity index (χ1) is 16.9. The van der Waals surface area contributed by atoms with Crippen molar-refractivity contribution in [1.29, 1.82) is 0 Å². The predicted octanol–water partition coefficient (Wildman–Crippen LogP) is 5.13. The van der Waals surface area contributed by atoms with Crippen molar-refractivity contribution in [3.63, 3.8) is 0 Å². The molecule has 0 aliphatic carbocycles. The summed E-state index contributed by atoms with van der Waals surface area (Å²) in [5.41, 5.74) is 2.91. The van der Waals surface area contributed by atoms with E-state index in [-0.39, 0.29) is 11.2 Å². The Morgan fingerprint density at radius 1 is 0.971 bits per heavy atom. The lowest BCUT2D eigenvalue weighted by Gasteiger charge is -2.12. The molecule has 1 aliphatic heterocycles. The average molecular weight is 476 g/mol. The molecule has 4 heterocycles. The number of benzene rings is 2. The number of fused-ring (bicyclic) bond motifs is 4. The van der Waals surface area contributed by atoms with Crippen LogP contribution in [0.3, 0.4) is 0 Å². The minimum atomic E-state index is -4.58. The van der Waals surface area contributed by atoms with Crippen molar-refractivity contribution in [1.82, 2.24) is 19.1 Å². The fourth-order valence-corrected chi connectivity index (χ4v) is 4.47. The summed E-state index contributed by atoms with van der Waals surface area (Å²) in [6, 6.07) is 18.6. The molecule has 0 fully saturated rings. The van der Waals surface area contributed by atoms with Gasteiger partial charge in [-0.25, -0.2) is 9.97 Å². The number of anilines is 2. The van der Waals surface area contributed by atoms with Crippen molar-refractivity contribution >= 4 is 39.6 Å². The monoisotopic (exact) mass is 476 g/mol. The third kappa shape index (κ3) is 3.76. The highest BCUT2D eigenvalue weighted by Crippen LogP contribution is 2.31. The number of halogens is 3. The van der Waals surface area contributed by atoms with E-state index in [1.807, 2.05) is 36.4 Å². The van der Waals surface area contributed by atoms with E-state index in [1.165, 1.54) is 12.1 Å². The molecule has 7 nitrogen and oxygen atoms in total. The zero-order valence-electron chi connectivity index (χ0n) is 18.3. The van der Waals surface area contributed by atoms with E-state index in [0.717, 1.165) is 41.7 Å². The smallest absolute Gasteiger partial charge is 0.354 e. The molecule has 176 valence electrons. The Bertz CT molecular complexity index is 1590. The highest BCUT2D eigenvalue weighted by atomic mass is 19.4. The lowest BCUT2D eigenvalue weighted by molar-refractivity contribution is -0.140. The summed E-state index contributed by atoms with van der Waals surface area (Å²) in [7, 11) is 0. The molecule has 10 heteroatoms. The molecule has 6 rings (SSSR count). The number of rotatable bonds is 4. The van der Waals surface area contributed by atoms with E-state index in [4.69, 9.17) is 0 Å². The number of aromatic nitrogens is 4. The minimum Gasteiger partial charge on any atom is -0.354 e. The second-order valence-corrected chi connectivity index (χ2v) is 8.37. The Kier molecular flexibility index (Phi) is 4.77. The number of nitrogens with one attached hydrogen (secondary N) is 2. The lowest BCUT2D eigenvalue weighted by atomic mass is 10.2. The third-order valence-electron chi connectivity index (χ3n) is 6.09. The second-order valence-electron chi connectivity index (χ2n) is 8.37. The number of pyridine rings is 1. The van der Waals surface area contributed by atoms with E-state index in [2.05, 4.69) is 25.2 Å². The van der Waals surface area contributed by atoms with Crippen LogP contribution in [0.25, 0.3) is 22.1 Å². The van der Waals surface area contributed by atoms with Gasteiger partial charge in [0, 0.05) is 25.3 Å². The van der Waals surface area contributed by atoms with E-state index in [1.54, 1.807) is 16.7 Å². The van der Waals surface area contributed by atoms with Crippen LogP contribution in [0.2, 0.25) is 0 Å². The summed E-state index contributed by atoms with van der Waals surface area (Å²) in [5, 5.41) is 6.08. The van der Waals surface area contributed by atoms with Crippen LogP contribution in [0.1, 0.15) is 21.7 Å². The Morgan fingerprint density at radius 3 is 2.54 bits per heavy atom. The first-order valence-electron chi connectivity index (χ1n) is 11.0. The van der Waals surface area contributed by atoms with Gasteiger partial charge in [-0.15, -0.1) is 0 Å². The standard InChI is InChI=1S/C25H19F3N6O/c26-25(27,28)22-9-8-20-18(31-22)13-21(34(20)14-15-4-2-1-3-5-15)23(35)30-16-6-7-19-17(12-16)32-24-29-10-11-33(19)24/h1-9,12-13H,10-11,14H2,(H,29,32)(H,30,35). The molecule has 2 N–H and O–H groups in total. The molecule has 0 unspecified atom stereocenters. The Hall–Kier alpha value is -4.34. The van der Waals surface area contributed by atoms with Gasteiger partial charge < -0.3 is 19.8 Å². The van der Waals surface area contributed by atoms with E-state index in [9.17, 15) is 18.0 Å². The van der Waals surface area contributed by atoms with Crippen LogP contribution in [0.15, 0.2) is 66.7 Å². The SMILES string of the molecule is O=C(Nc1ccc2c(c1)nc1n2CCN1)c1cc2nc(C(F)(F)F)ccc2n1Cc1ccccc1. The van der Waals surface area contributed by atoms with Crippen molar-refractivity contribution in [2.45, 2.75) is 19.3 Å². The molecule has 1 aliphatic rings. The van der Waals surface area contributed by atoms with Gasteiger partial charge in [-0.2, -0.15) is 13.2 Å². The van der Waals surface area contributed by atoms with Gasteiger partial charge in [0.25, 0.3) is 5.91 Å². The molecule has 0 bridgehead atoms. The fraction of sp³-hybridized carbons (Fsp3) is 0.160. The van der Waals surface area contributed by atoms with Crippen LogP contribution in [0.4, 0.5) is 24.8 Å². The topological polar surface area (TPSA) is 76.8 Å². The number of imidazole rings is 1. The van der Waals surface area contributed by atoms with Crippen molar-refractivity contribution in [3.8, 4) is 0 Å². The molecular weight excluding hydrogens is 457 g/mol. The third-order valence-corrected chi connectivity index (χ3v) is 6.09. The zero-order chi connectivity index (χ0) is 24.2. The normalized spacial score (nSPS) is 13.2. The largest absolute Gasteiger partial charge is 0.433 e. The highest BCUT2D eigenvalue weighted by Gasteiger charge is 2.33. The first kappa shape index (κ1) is 21.2. The Labute approximate surface area is 197 Å². The van der Waals surface area contributed by atoms with Gasteiger partial charge in [0.15, 0.2) is 0 Å². The maximum atomic E-state index is 13.3. The minimum absolute atomic E-state index is 0.105. The second kappa shape index (κ2) is 7.86. The van der Waals surface area contributed by atoms with Crippen LogP contribution < -0.4 is 10.6 Å². The molecule has 5 aromatic rings. The van der Waals surface area contributed by atoms with Crippen molar-refractivity contribution in [2.24, 2.45) is 0 Å². The van der Waals surface area contributed by atoms with Gasteiger partial charge >= 0.3 is 6.18 Å². The van der Waals surface area contributed by atoms with Gasteiger partial charge in [0.2, 0.25) is 5.95 Å². The van der Waals surface area contributed by atoms with Gasteiger partial charge in [0.1, 0.15) is 11.4 Å². The molecular formula is C25H19F3N6O. The van der Waals surface area contributed by atoms with Crippen LogP contribution in [-0.4, -0.2) is 31.6 Å². The summed E-state index contributed by atoms with van der Waals surface area (Å²) in [4.78, 5) is 21.7. The highest BCUT2D eigenvalue weighted by molar-refractivity contribution is 6.06. The number of amides is 1. The number of hydrogen-bond acceptors (Lipinski definition) is 4. The number of hydrogen-bond donors (Lipinski definition) is 2. The summed E-state index contributed by atoms with van der Waals surface area (Å²) in [5.74, 6) is 0.342. The van der Waals surface area contributed by atoms with Crippen molar-refractivity contribution in [2.75, 3.05) is 17.2 Å². The van der Waals surface area contributed by atoms with Gasteiger partial charge in [0.05, 0.1) is 22.1 Å². The molecule has 3 aromatic heterocycles. The summed E-state index contributed by atoms with van der Waals surface area (Å²) in [6.45, 7) is 1.95. The van der Waals surface area contributed by atoms with Crippen LogP contribution in [-0.2, 0) is 19.3 Å². The van der Waals surface area contributed by atoms with Gasteiger partial charge in [-0.1, -0.05) is 30.3 Å². The summed E-state index contributed by atoms with van der Waals surface area (Å²) < 4.78 is 43.5. The molecule has 0 atom stereocenters. The number of carbonyl (C=O) groups is 1. The van der Waals surface area contributed by atoms with E-state index >= 15 is 0 Å². The number of alkyl halides is 3. The van der Waals surface area contributed by atoms with Crippen LogP contribution in [0, 0.1) is 0 Å². The lowest BCUT2D eigenvalue weighted by Crippen LogP contribution is -2.17. The molecule has 0 spiro atoms. The molecule has 0 saturated carbocycles. The summed E-state index contributed by atoms with van der Waals surface area (Å²) >= 11 is 0. The quantitative estimate of drug-likeness (QED) is 0.377. The fourth-order valence-electron chi connectivity index (χ4n) is 4.47. The van der Waals surface area contributed by atoms with Crippen LogP contribution in [0.5, 0.6) is 0 Å². The average Bonchev–Trinajstić information content (AvgIpc) is 3.52. The maximum Gasteiger partial charge on any atom is 0.433 e. The number of nitrogens with zero attached hydrogens (tertiary/aromatic N) is 4. The molecule has 0 saturated heterocycles. The van der Waals surface area contributed by atoms with Crippen molar-refractivity contribution in [3.05, 3.63) is 83.7 Å². The van der Waals surface area contributed by atoms with Gasteiger partial charge in [-0.05, 0) is 42.0 Å². The first-order valence-corrected chi connectivity index (χ1v) is 11.0. The van der Waals surface area contributed by atoms with Gasteiger partial charge in [-0.3, -0.25) is 4.79 Å². The zero-order valence-corrected chi connectivity index (χ0v) is 18.3. The number of carbonyl (C=O) groups excluding carboxylic acids is 1. The molecule has 1 amide bonds. The molecule has 2 aromatic carbocycles. The maximum absolute atomic E-state index is 13.3. The Morgan fingerprint density at radius 2 is 1.74 bits per heavy atom. The Balaban J connectivity index is 1.39.